The molecule has 8 nitrogen and oxygen atoms in total. The van der Waals surface area contributed by atoms with E-state index in [1.54, 1.807) is 0 Å². The molecule has 13 rings (SSSR count). The van der Waals surface area contributed by atoms with Crippen LogP contribution in [0.15, 0.2) is 203 Å². The monoisotopic (exact) mass is 808 g/mol. The van der Waals surface area contributed by atoms with E-state index in [4.69, 9.17) is 33.8 Å². The lowest BCUT2D eigenvalue weighted by atomic mass is 10.0. The van der Waals surface area contributed by atoms with Gasteiger partial charge in [-0.2, -0.15) is 0 Å². The quantitative estimate of drug-likeness (QED) is 0.165. The van der Waals surface area contributed by atoms with E-state index >= 15 is 0 Å². The Bertz CT molecular complexity index is 3850. The summed E-state index contributed by atoms with van der Waals surface area (Å²) in [6.07, 6.45) is 0. The summed E-state index contributed by atoms with van der Waals surface area (Å²) in [6, 6.07) is 65.7. The number of furan rings is 2. The molecule has 0 fully saturated rings. The molecule has 8 heteroatoms. The van der Waals surface area contributed by atoms with Crippen molar-refractivity contribution in [2.24, 2.45) is 0 Å². The topological polar surface area (TPSA) is 95.7 Å². The van der Waals surface area contributed by atoms with E-state index in [-0.39, 0.29) is 0 Å². The molecular weight excluding hydrogens is 777 g/mol. The molecule has 0 amide bonds. The third-order valence-corrected chi connectivity index (χ3v) is 11.9. The summed E-state index contributed by atoms with van der Waals surface area (Å²) in [5, 5.41) is 4.98. The van der Waals surface area contributed by atoms with E-state index in [0.29, 0.717) is 45.7 Å². The second-order valence-corrected chi connectivity index (χ2v) is 15.6. The fourth-order valence-electron chi connectivity index (χ4n) is 9.02. The molecule has 0 bridgehead atoms. The molecule has 294 valence electrons. The van der Waals surface area contributed by atoms with Crippen LogP contribution in [0.5, 0.6) is 0 Å². The van der Waals surface area contributed by atoms with Crippen LogP contribution >= 0.6 is 0 Å². The van der Waals surface area contributed by atoms with Gasteiger partial charge in [-0.3, -0.25) is 0 Å². The molecule has 13 aromatic rings. The van der Waals surface area contributed by atoms with Crippen molar-refractivity contribution in [3.63, 3.8) is 0 Å². The van der Waals surface area contributed by atoms with Gasteiger partial charge in [-0.15, -0.1) is 0 Å². The van der Waals surface area contributed by atoms with E-state index in [9.17, 15) is 0 Å². The third-order valence-electron chi connectivity index (χ3n) is 11.9. The highest BCUT2D eigenvalue weighted by Gasteiger charge is 2.24. The van der Waals surface area contributed by atoms with Crippen LogP contribution in [0.2, 0.25) is 0 Å². The second-order valence-electron chi connectivity index (χ2n) is 15.6. The normalized spacial score (nSPS) is 11.8. The van der Waals surface area contributed by atoms with Crippen LogP contribution in [0.25, 0.3) is 128 Å². The Morgan fingerprint density at radius 1 is 0.349 bits per heavy atom. The van der Waals surface area contributed by atoms with Crippen molar-refractivity contribution in [2.75, 3.05) is 0 Å². The zero-order valence-electron chi connectivity index (χ0n) is 33.5. The Hall–Kier alpha value is -8.75. The zero-order chi connectivity index (χ0) is 41.4. The summed E-state index contributed by atoms with van der Waals surface area (Å²) < 4.78 is 15.8. The fraction of sp³-hybridized carbons (Fsp3) is 0. The van der Waals surface area contributed by atoms with Gasteiger partial charge in [-0.1, -0.05) is 133 Å². The predicted octanol–water partition coefficient (Wildman–Crippen LogP) is 13.9. The Balaban J connectivity index is 1.03. The second kappa shape index (κ2) is 13.9. The van der Waals surface area contributed by atoms with E-state index in [2.05, 4.69) is 83.4 Å². The van der Waals surface area contributed by atoms with E-state index in [1.165, 1.54) is 0 Å². The summed E-state index contributed by atoms with van der Waals surface area (Å²) in [5.41, 5.74) is 11.7. The maximum absolute atomic E-state index is 6.87. The highest BCUT2D eigenvalue weighted by molar-refractivity contribution is 6.17. The Labute approximate surface area is 359 Å². The first-order valence-corrected chi connectivity index (χ1v) is 20.8. The number of hydrogen-bond donors (Lipinski definition) is 0. The van der Waals surface area contributed by atoms with Gasteiger partial charge in [0, 0.05) is 60.4 Å². The van der Waals surface area contributed by atoms with Crippen molar-refractivity contribution >= 4 is 65.8 Å². The number of fused-ring (bicyclic) bond motifs is 9. The lowest BCUT2D eigenvalue weighted by Gasteiger charge is -2.09. The first kappa shape index (κ1) is 35.0. The molecular formula is C55H32N6O2. The van der Waals surface area contributed by atoms with E-state index < -0.39 is 0 Å². The van der Waals surface area contributed by atoms with Gasteiger partial charge in [0.25, 0.3) is 0 Å². The number of hydrogen-bond acceptors (Lipinski definition) is 7. The fourth-order valence-corrected chi connectivity index (χ4v) is 9.02. The van der Waals surface area contributed by atoms with E-state index in [1.807, 2.05) is 115 Å². The number of nitrogens with zero attached hydrogens (tertiary/aromatic N) is 6. The smallest absolute Gasteiger partial charge is 0.180 e. The van der Waals surface area contributed by atoms with Crippen LogP contribution in [-0.4, -0.2) is 29.5 Å². The number of benzene rings is 8. The molecule has 0 aliphatic heterocycles. The molecule has 0 spiro atoms. The van der Waals surface area contributed by atoms with Crippen LogP contribution in [-0.2, 0) is 0 Å². The van der Waals surface area contributed by atoms with Crippen molar-refractivity contribution in [3.05, 3.63) is 194 Å². The van der Waals surface area contributed by atoms with Crippen molar-refractivity contribution in [1.29, 1.82) is 0 Å². The van der Waals surface area contributed by atoms with Gasteiger partial charge in [0.15, 0.2) is 28.9 Å². The van der Waals surface area contributed by atoms with Crippen molar-refractivity contribution < 1.29 is 8.83 Å². The summed E-state index contributed by atoms with van der Waals surface area (Å²) >= 11 is 0. The molecule has 5 aromatic heterocycles. The third kappa shape index (κ3) is 5.58. The first-order valence-electron chi connectivity index (χ1n) is 20.8. The van der Waals surface area contributed by atoms with Crippen molar-refractivity contribution in [3.8, 4) is 62.5 Å². The molecule has 63 heavy (non-hydrogen) atoms. The van der Waals surface area contributed by atoms with Gasteiger partial charge in [0.1, 0.15) is 28.0 Å². The maximum Gasteiger partial charge on any atom is 0.180 e. The van der Waals surface area contributed by atoms with Gasteiger partial charge >= 0.3 is 0 Å². The van der Waals surface area contributed by atoms with Crippen molar-refractivity contribution in [2.45, 2.75) is 0 Å². The summed E-state index contributed by atoms with van der Waals surface area (Å²) in [6.45, 7) is 0. The van der Waals surface area contributed by atoms with Crippen LogP contribution in [0.4, 0.5) is 0 Å². The number of rotatable bonds is 6. The van der Waals surface area contributed by atoms with Crippen LogP contribution in [0, 0.1) is 0 Å². The lowest BCUT2D eigenvalue weighted by molar-refractivity contribution is 0.663. The largest absolute Gasteiger partial charge is 0.455 e. The minimum absolute atomic E-state index is 0.550. The number of para-hydroxylation sites is 4. The Kier molecular flexibility index (Phi) is 7.74. The molecule has 0 unspecified atom stereocenters. The molecule has 0 N–H and O–H groups in total. The standard InChI is InChI=1S/C55H32N6O2/c1-4-16-33(17-5-1)52-58-53(34-18-6-2-7-19-34)60-55(59-52)40-25-15-29-46-47(40)39-24-14-26-41(50(39)63-46)49-51-48(38-23-11-13-28-45(38)62-51)56-54(57-49)35-30-31-44-42(32-35)37-22-10-12-27-43(37)61(44)36-20-8-3-9-21-36/h1-32H. The molecule has 0 atom stereocenters. The van der Waals surface area contributed by atoms with Gasteiger partial charge in [-0.05, 0) is 60.7 Å². The van der Waals surface area contributed by atoms with Gasteiger partial charge in [0.05, 0.1) is 11.0 Å². The molecule has 8 aromatic carbocycles. The molecule has 0 saturated heterocycles. The molecule has 0 radical (unpaired) electrons. The zero-order valence-corrected chi connectivity index (χ0v) is 33.5. The highest BCUT2D eigenvalue weighted by Crippen LogP contribution is 2.43. The van der Waals surface area contributed by atoms with Crippen LogP contribution in [0.3, 0.4) is 0 Å². The average Bonchev–Trinajstić information content (AvgIpc) is 4.04. The van der Waals surface area contributed by atoms with Crippen LogP contribution in [0.1, 0.15) is 0 Å². The molecule has 5 heterocycles. The van der Waals surface area contributed by atoms with Crippen molar-refractivity contribution in [1.82, 2.24) is 29.5 Å². The molecule has 0 aliphatic rings. The molecule has 0 saturated carbocycles. The maximum atomic E-state index is 6.87. The van der Waals surface area contributed by atoms with Gasteiger partial charge in [0.2, 0.25) is 0 Å². The van der Waals surface area contributed by atoms with Crippen LogP contribution < -0.4 is 0 Å². The predicted molar refractivity (Wildman–Crippen MR) is 251 cm³/mol. The lowest BCUT2D eigenvalue weighted by Crippen LogP contribution is -2.00. The summed E-state index contributed by atoms with van der Waals surface area (Å²) in [4.78, 5) is 25.7. The Morgan fingerprint density at radius 3 is 1.70 bits per heavy atom. The number of aromatic nitrogens is 6. The Morgan fingerprint density at radius 2 is 0.921 bits per heavy atom. The summed E-state index contributed by atoms with van der Waals surface area (Å²) in [5.74, 6) is 2.32. The van der Waals surface area contributed by atoms with E-state index in [0.717, 1.165) is 82.6 Å². The van der Waals surface area contributed by atoms with Gasteiger partial charge < -0.3 is 13.4 Å². The average molecular weight is 809 g/mol. The highest BCUT2D eigenvalue weighted by atomic mass is 16.3. The van der Waals surface area contributed by atoms with Gasteiger partial charge in [-0.25, -0.2) is 24.9 Å². The minimum atomic E-state index is 0.550. The summed E-state index contributed by atoms with van der Waals surface area (Å²) in [7, 11) is 0. The first-order chi connectivity index (χ1) is 31.2. The SMILES string of the molecule is c1ccc(-c2nc(-c3ccccc3)nc(-c3cccc4oc5c(-c6nc(-c7ccc8c(c7)c7ccccc7n8-c7ccccc7)nc7c6oc6ccccc67)cccc5c34)n2)cc1. The molecule has 0 aliphatic carbocycles. The minimum Gasteiger partial charge on any atom is -0.455 e.